The lowest BCUT2D eigenvalue weighted by atomic mass is 10.2. The Morgan fingerprint density at radius 1 is 1.21 bits per heavy atom. The van der Waals surface area contributed by atoms with Crippen LogP contribution in [0.3, 0.4) is 0 Å². The molecule has 2 N–H and O–H groups in total. The van der Waals surface area contributed by atoms with Gasteiger partial charge in [-0.05, 0) is 24.6 Å². The number of hydrogen-bond acceptors (Lipinski definition) is 4. The van der Waals surface area contributed by atoms with Crippen LogP contribution in [0.25, 0.3) is 0 Å². The number of nitrogens with one attached hydrogen (secondary N) is 2. The summed E-state index contributed by atoms with van der Waals surface area (Å²) in [4.78, 5) is 27.3. The Bertz CT molecular complexity index is 557. The molecule has 2 rings (SSSR count). The molecule has 1 aromatic rings. The number of amides is 3. The summed E-state index contributed by atoms with van der Waals surface area (Å²) in [5, 5.41) is 5.71. The molecule has 0 bridgehead atoms. The van der Waals surface area contributed by atoms with Gasteiger partial charge < -0.3 is 25.2 Å². The van der Waals surface area contributed by atoms with Crippen LogP contribution in [0, 0.1) is 0 Å². The van der Waals surface area contributed by atoms with Gasteiger partial charge in [-0.25, -0.2) is 4.79 Å². The van der Waals surface area contributed by atoms with Gasteiger partial charge >= 0.3 is 6.03 Å². The maximum atomic E-state index is 12.1. The van der Waals surface area contributed by atoms with Crippen molar-refractivity contribution >= 4 is 23.3 Å². The van der Waals surface area contributed by atoms with Crippen LogP contribution in [-0.2, 0) is 9.53 Å². The van der Waals surface area contributed by atoms with Crippen LogP contribution < -0.4 is 15.5 Å². The molecule has 7 heteroatoms. The topological polar surface area (TPSA) is 73.9 Å². The van der Waals surface area contributed by atoms with Crippen LogP contribution in [0.1, 0.15) is 13.3 Å². The maximum Gasteiger partial charge on any atom is 0.317 e. The smallest absolute Gasteiger partial charge is 0.317 e. The van der Waals surface area contributed by atoms with E-state index in [9.17, 15) is 9.59 Å². The molecule has 0 radical (unpaired) electrons. The van der Waals surface area contributed by atoms with E-state index in [4.69, 9.17) is 4.74 Å². The molecule has 0 spiro atoms. The number of ether oxygens (including phenoxy) is 1. The SMILES string of the molecule is COCCCNC(=O)N1CCN(c2cccc(NC(C)=O)c2)CC1. The second-order valence-electron chi connectivity index (χ2n) is 5.78. The molecular formula is C17H26N4O3. The summed E-state index contributed by atoms with van der Waals surface area (Å²) < 4.78 is 4.97. The Balaban J connectivity index is 1.82. The molecule has 1 aliphatic heterocycles. The van der Waals surface area contributed by atoms with E-state index in [-0.39, 0.29) is 11.9 Å². The summed E-state index contributed by atoms with van der Waals surface area (Å²) in [6.45, 7) is 5.69. The van der Waals surface area contributed by atoms with Gasteiger partial charge in [-0.2, -0.15) is 0 Å². The Kier molecular flexibility index (Phi) is 6.87. The standard InChI is InChI=1S/C17H26N4O3/c1-14(22)19-15-5-3-6-16(13-15)20-8-10-21(11-9-20)17(23)18-7-4-12-24-2/h3,5-6,13H,4,7-12H2,1-2H3,(H,18,23)(H,19,22). The molecule has 1 aromatic carbocycles. The van der Waals surface area contributed by atoms with Crippen molar-refractivity contribution in [3.63, 3.8) is 0 Å². The van der Waals surface area contributed by atoms with E-state index in [0.29, 0.717) is 26.2 Å². The quantitative estimate of drug-likeness (QED) is 0.774. The number of rotatable bonds is 6. The van der Waals surface area contributed by atoms with Gasteiger partial charge in [-0.3, -0.25) is 4.79 Å². The van der Waals surface area contributed by atoms with Crippen molar-refractivity contribution in [2.75, 3.05) is 56.7 Å². The fraction of sp³-hybridized carbons (Fsp3) is 0.529. The highest BCUT2D eigenvalue weighted by molar-refractivity contribution is 5.89. The Morgan fingerprint density at radius 2 is 1.96 bits per heavy atom. The predicted octanol–water partition coefficient (Wildman–Crippen LogP) is 1.51. The van der Waals surface area contributed by atoms with E-state index < -0.39 is 0 Å². The lowest BCUT2D eigenvalue weighted by molar-refractivity contribution is -0.114. The number of urea groups is 1. The van der Waals surface area contributed by atoms with Crippen molar-refractivity contribution in [1.29, 1.82) is 0 Å². The first-order valence-corrected chi connectivity index (χ1v) is 8.24. The minimum Gasteiger partial charge on any atom is -0.385 e. The molecule has 0 unspecified atom stereocenters. The lowest BCUT2D eigenvalue weighted by Gasteiger charge is -2.36. The number of methoxy groups -OCH3 is 1. The minimum absolute atomic E-state index is 0.0160. The highest BCUT2D eigenvalue weighted by Crippen LogP contribution is 2.21. The molecule has 7 nitrogen and oxygen atoms in total. The van der Waals surface area contributed by atoms with Gasteiger partial charge in [0.25, 0.3) is 0 Å². The van der Waals surface area contributed by atoms with Gasteiger partial charge in [-0.15, -0.1) is 0 Å². The fourth-order valence-electron chi connectivity index (χ4n) is 2.67. The number of hydrogen-bond donors (Lipinski definition) is 2. The van der Waals surface area contributed by atoms with Crippen LogP contribution in [0.2, 0.25) is 0 Å². The predicted molar refractivity (Wildman–Crippen MR) is 94.4 cm³/mol. The van der Waals surface area contributed by atoms with E-state index >= 15 is 0 Å². The van der Waals surface area contributed by atoms with Gasteiger partial charge in [0.05, 0.1) is 0 Å². The summed E-state index contributed by atoms with van der Waals surface area (Å²) in [5.41, 5.74) is 1.85. The van der Waals surface area contributed by atoms with Crippen LogP contribution in [0.4, 0.5) is 16.2 Å². The normalized spacial score (nSPS) is 14.4. The van der Waals surface area contributed by atoms with Crippen molar-refractivity contribution in [3.05, 3.63) is 24.3 Å². The van der Waals surface area contributed by atoms with Crippen molar-refractivity contribution in [1.82, 2.24) is 10.2 Å². The second-order valence-corrected chi connectivity index (χ2v) is 5.78. The van der Waals surface area contributed by atoms with Gasteiger partial charge in [-0.1, -0.05) is 6.07 Å². The van der Waals surface area contributed by atoms with Crippen molar-refractivity contribution < 1.29 is 14.3 Å². The van der Waals surface area contributed by atoms with E-state index in [1.54, 1.807) is 7.11 Å². The van der Waals surface area contributed by atoms with E-state index in [1.165, 1.54) is 6.92 Å². The molecule has 1 saturated heterocycles. The van der Waals surface area contributed by atoms with E-state index in [0.717, 1.165) is 30.9 Å². The largest absolute Gasteiger partial charge is 0.385 e. The molecule has 0 aromatic heterocycles. The van der Waals surface area contributed by atoms with Gasteiger partial charge in [0.15, 0.2) is 0 Å². The van der Waals surface area contributed by atoms with Crippen LogP contribution >= 0.6 is 0 Å². The minimum atomic E-state index is -0.0814. The summed E-state index contributed by atoms with van der Waals surface area (Å²) in [7, 11) is 1.65. The van der Waals surface area contributed by atoms with E-state index in [2.05, 4.69) is 15.5 Å². The molecule has 1 heterocycles. The average molecular weight is 334 g/mol. The number of piperazine rings is 1. The van der Waals surface area contributed by atoms with Crippen molar-refractivity contribution in [3.8, 4) is 0 Å². The third kappa shape index (κ3) is 5.42. The Morgan fingerprint density at radius 3 is 2.62 bits per heavy atom. The zero-order chi connectivity index (χ0) is 17.4. The summed E-state index contributed by atoms with van der Waals surface area (Å²) in [5.74, 6) is -0.0814. The van der Waals surface area contributed by atoms with Crippen LogP contribution in [0.15, 0.2) is 24.3 Å². The Labute approximate surface area is 142 Å². The zero-order valence-electron chi connectivity index (χ0n) is 14.4. The second kappa shape index (κ2) is 9.12. The van der Waals surface area contributed by atoms with Gasteiger partial charge in [0.2, 0.25) is 5.91 Å². The summed E-state index contributed by atoms with van der Waals surface area (Å²) in [6.07, 6.45) is 0.818. The van der Waals surface area contributed by atoms with Crippen LogP contribution in [-0.4, -0.2) is 63.3 Å². The highest BCUT2D eigenvalue weighted by Gasteiger charge is 2.21. The molecule has 1 aliphatic rings. The lowest BCUT2D eigenvalue weighted by Crippen LogP contribution is -2.52. The molecule has 24 heavy (non-hydrogen) atoms. The third-order valence-electron chi connectivity index (χ3n) is 3.90. The summed E-state index contributed by atoms with van der Waals surface area (Å²) in [6, 6.07) is 7.76. The number of carbonyl (C=O) groups excluding carboxylic acids is 2. The molecular weight excluding hydrogens is 308 g/mol. The van der Waals surface area contributed by atoms with Gasteiger partial charge in [0, 0.05) is 64.7 Å². The van der Waals surface area contributed by atoms with Crippen LogP contribution in [0.5, 0.6) is 0 Å². The fourth-order valence-corrected chi connectivity index (χ4v) is 2.67. The molecule has 3 amide bonds. The van der Waals surface area contributed by atoms with E-state index in [1.807, 2.05) is 29.2 Å². The monoisotopic (exact) mass is 334 g/mol. The third-order valence-corrected chi connectivity index (χ3v) is 3.90. The molecule has 132 valence electrons. The average Bonchev–Trinajstić information content (AvgIpc) is 2.58. The summed E-state index contributed by atoms with van der Waals surface area (Å²) >= 11 is 0. The molecule has 1 fully saturated rings. The number of nitrogens with zero attached hydrogens (tertiary/aromatic N) is 2. The van der Waals surface area contributed by atoms with Crippen molar-refractivity contribution in [2.45, 2.75) is 13.3 Å². The first-order chi connectivity index (χ1) is 11.6. The molecule has 0 atom stereocenters. The first-order valence-electron chi connectivity index (χ1n) is 8.24. The van der Waals surface area contributed by atoms with Crippen molar-refractivity contribution in [2.24, 2.45) is 0 Å². The number of benzene rings is 1. The number of carbonyl (C=O) groups is 2. The van der Waals surface area contributed by atoms with Gasteiger partial charge in [0.1, 0.15) is 0 Å². The molecule has 0 aliphatic carbocycles. The first kappa shape index (κ1) is 18.1. The maximum absolute atomic E-state index is 12.1. The Hall–Kier alpha value is -2.28. The zero-order valence-corrected chi connectivity index (χ0v) is 14.4. The molecule has 0 saturated carbocycles. The number of anilines is 2. The highest BCUT2D eigenvalue weighted by atomic mass is 16.5.